The second-order valence-corrected chi connectivity index (χ2v) is 5.64. The molecule has 0 spiro atoms. The summed E-state index contributed by atoms with van der Waals surface area (Å²) >= 11 is 0. The Morgan fingerprint density at radius 2 is 2.11 bits per heavy atom. The molecule has 0 aliphatic carbocycles. The largest absolute Gasteiger partial charge is 0.409 e. The molecule has 6 heteroatoms. The molecule has 1 saturated heterocycles. The van der Waals surface area contributed by atoms with Crippen LogP contribution in [-0.4, -0.2) is 47.5 Å². The zero-order valence-electron chi connectivity index (χ0n) is 12.1. The summed E-state index contributed by atoms with van der Waals surface area (Å²) in [5, 5.41) is 15.1. The highest BCUT2D eigenvalue weighted by Gasteiger charge is 2.39. The van der Waals surface area contributed by atoms with Crippen LogP contribution in [0.5, 0.6) is 0 Å². The van der Waals surface area contributed by atoms with E-state index >= 15 is 0 Å². The van der Waals surface area contributed by atoms with Gasteiger partial charge in [-0.05, 0) is 25.8 Å². The molecule has 0 bridgehead atoms. The van der Waals surface area contributed by atoms with Crippen molar-refractivity contribution in [3.8, 4) is 0 Å². The van der Waals surface area contributed by atoms with Gasteiger partial charge in [0.1, 0.15) is 5.54 Å². The first-order valence-electron chi connectivity index (χ1n) is 6.91. The molecule has 1 unspecified atom stereocenters. The molecule has 0 aromatic rings. The van der Waals surface area contributed by atoms with Crippen LogP contribution in [0.2, 0.25) is 0 Å². The van der Waals surface area contributed by atoms with Crippen molar-refractivity contribution in [2.45, 2.75) is 45.1 Å². The van der Waals surface area contributed by atoms with Crippen molar-refractivity contribution in [2.24, 2.45) is 16.8 Å². The van der Waals surface area contributed by atoms with E-state index in [0.29, 0.717) is 25.2 Å². The summed E-state index contributed by atoms with van der Waals surface area (Å²) in [4.78, 5) is 14.2. The third kappa shape index (κ3) is 4.09. The average molecular weight is 270 g/mol. The molecule has 0 saturated carbocycles. The van der Waals surface area contributed by atoms with E-state index in [9.17, 15) is 4.79 Å². The van der Waals surface area contributed by atoms with Gasteiger partial charge in [-0.1, -0.05) is 25.4 Å². The Balaban J connectivity index is 2.73. The molecule has 1 aliphatic heterocycles. The van der Waals surface area contributed by atoms with Gasteiger partial charge in [0.05, 0.1) is 0 Å². The van der Waals surface area contributed by atoms with E-state index in [4.69, 9.17) is 10.9 Å². The minimum atomic E-state index is -0.689. The molecule has 0 aromatic carbocycles. The number of carbonyl (C=O) groups excluding carboxylic acids is 1. The molecule has 1 aliphatic rings. The van der Waals surface area contributed by atoms with Crippen LogP contribution in [0.1, 0.15) is 39.5 Å². The number of nitrogens with one attached hydrogen (secondary N) is 1. The molecule has 1 fully saturated rings. The highest BCUT2D eigenvalue weighted by Crippen LogP contribution is 2.22. The maximum absolute atomic E-state index is 12.1. The summed E-state index contributed by atoms with van der Waals surface area (Å²) in [5.74, 6) is 0.430. The SMILES string of the molecule is CCC(C)CC(=O)NC1(C(N)=NO)CCN(C)CC1. The zero-order chi connectivity index (χ0) is 14.5. The first-order chi connectivity index (χ1) is 8.93. The van der Waals surface area contributed by atoms with Gasteiger partial charge in [0.25, 0.3) is 0 Å². The Bertz CT molecular complexity index is 336. The van der Waals surface area contributed by atoms with Crippen LogP contribution in [0, 0.1) is 5.92 Å². The van der Waals surface area contributed by atoms with Crippen LogP contribution in [0.25, 0.3) is 0 Å². The Morgan fingerprint density at radius 3 is 2.58 bits per heavy atom. The topological polar surface area (TPSA) is 91.0 Å². The highest BCUT2D eigenvalue weighted by atomic mass is 16.4. The summed E-state index contributed by atoms with van der Waals surface area (Å²) in [6.45, 7) is 5.75. The lowest BCUT2D eigenvalue weighted by atomic mass is 9.86. The monoisotopic (exact) mass is 270 g/mol. The van der Waals surface area contributed by atoms with Gasteiger partial charge < -0.3 is 21.2 Å². The maximum atomic E-state index is 12.1. The smallest absolute Gasteiger partial charge is 0.221 e. The van der Waals surface area contributed by atoms with Crippen LogP contribution in [-0.2, 0) is 4.79 Å². The molecule has 1 rings (SSSR count). The highest BCUT2D eigenvalue weighted by molar-refractivity contribution is 5.94. The quantitative estimate of drug-likeness (QED) is 0.297. The van der Waals surface area contributed by atoms with Crippen molar-refractivity contribution in [3.05, 3.63) is 0 Å². The number of amidine groups is 1. The van der Waals surface area contributed by atoms with Crippen LogP contribution in [0.4, 0.5) is 0 Å². The fourth-order valence-corrected chi connectivity index (χ4v) is 2.32. The molecule has 19 heavy (non-hydrogen) atoms. The van der Waals surface area contributed by atoms with Gasteiger partial charge >= 0.3 is 0 Å². The van der Waals surface area contributed by atoms with Crippen molar-refractivity contribution in [1.82, 2.24) is 10.2 Å². The molecule has 6 nitrogen and oxygen atoms in total. The van der Waals surface area contributed by atoms with E-state index in [1.807, 2.05) is 14.0 Å². The van der Waals surface area contributed by atoms with Gasteiger partial charge in [-0.2, -0.15) is 0 Å². The lowest BCUT2D eigenvalue weighted by Gasteiger charge is -2.40. The number of carbonyl (C=O) groups is 1. The number of rotatable bonds is 5. The summed E-state index contributed by atoms with van der Waals surface area (Å²) < 4.78 is 0. The summed E-state index contributed by atoms with van der Waals surface area (Å²) in [5.41, 5.74) is 5.12. The molecule has 1 heterocycles. The molecular formula is C13H26N4O2. The predicted octanol–water partition coefficient (Wildman–Crippen LogP) is 0.750. The number of piperidine rings is 1. The van der Waals surface area contributed by atoms with Gasteiger partial charge in [0, 0.05) is 19.5 Å². The first-order valence-corrected chi connectivity index (χ1v) is 6.91. The van der Waals surface area contributed by atoms with Crippen molar-refractivity contribution in [2.75, 3.05) is 20.1 Å². The Labute approximate surface area is 115 Å². The number of nitrogens with zero attached hydrogens (tertiary/aromatic N) is 2. The van der Waals surface area contributed by atoms with Crippen molar-refractivity contribution in [1.29, 1.82) is 0 Å². The second kappa shape index (κ2) is 6.75. The number of amides is 1. The number of hydrogen-bond acceptors (Lipinski definition) is 4. The standard InChI is InChI=1S/C13H26N4O2/c1-4-10(2)9-11(18)15-13(12(14)16-19)5-7-17(3)8-6-13/h10,19H,4-9H2,1-3H3,(H2,14,16)(H,15,18). The van der Waals surface area contributed by atoms with E-state index in [1.165, 1.54) is 0 Å². The minimum Gasteiger partial charge on any atom is -0.409 e. The lowest BCUT2D eigenvalue weighted by Crippen LogP contribution is -2.62. The minimum absolute atomic E-state index is 0.0227. The fourth-order valence-electron chi connectivity index (χ4n) is 2.32. The molecule has 4 N–H and O–H groups in total. The van der Waals surface area contributed by atoms with Crippen LogP contribution >= 0.6 is 0 Å². The number of hydrogen-bond donors (Lipinski definition) is 3. The molecule has 0 aromatic heterocycles. The van der Waals surface area contributed by atoms with E-state index in [1.54, 1.807) is 0 Å². The third-order valence-corrected chi connectivity index (χ3v) is 4.05. The third-order valence-electron chi connectivity index (χ3n) is 4.05. The van der Waals surface area contributed by atoms with Crippen molar-refractivity contribution < 1.29 is 10.0 Å². The molecule has 110 valence electrons. The fraction of sp³-hybridized carbons (Fsp3) is 0.846. The first kappa shape index (κ1) is 15.8. The van der Waals surface area contributed by atoms with Crippen LogP contribution < -0.4 is 11.1 Å². The molecule has 1 amide bonds. The van der Waals surface area contributed by atoms with E-state index in [0.717, 1.165) is 19.5 Å². The lowest BCUT2D eigenvalue weighted by molar-refractivity contribution is -0.123. The van der Waals surface area contributed by atoms with E-state index in [-0.39, 0.29) is 11.7 Å². The normalized spacial score (nSPS) is 21.9. The van der Waals surface area contributed by atoms with Gasteiger partial charge in [0.2, 0.25) is 5.91 Å². The summed E-state index contributed by atoms with van der Waals surface area (Å²) in [6, 6.07) is 0. The number of oxime groups is 1. The Kier molecular flexibility index (Phi) is 5.60. The molecule has 0 radical (unpaired) electrons. The number of likely N-dealkylation sites (tertiary alicyclic amines) is 1. The Hall–Kier alpha value is -1.30. The number of nitrogens with two attached hydrogens (primary N) is 1. The van der Waals surface area contributed by atoms with Gasteiger partial charge in [0.15, 0.2) is 5.84 Å². The van der Waals surface area contributed by atoms with E-state index in [2.05, 4.69) is 22.3 Å². The van der Waals surface area contributed by atoms with Crippen LogP contribution in [0.15, 0.2) is 5.16 Å². The Morgan fingerprint density at radius 1 is 1.53 bits per heavy atom. The molecular weight excluding hydrogens is 244 g/mol. The maximum Gasteiger partial charge on any atom is 0.221 e. The van der Waals surface area contributed by atoms with Gasteiger partial charge in [-0.3, -0.25) is 4.79 Å². The van der Waals surface area contributed by atoms with E-state index < -0.39 is 5.54 Å². The summed E-state index contributed by atoms with van der Waals surface area (Å²) in [7, 11) is 2.02. The van der Waals surface area contributed by atoms with Crippen LogP contribution in [0.3, 0.4) is 0 Å². The van der Waals surface area contributed by atoms with Crippen molar-refractivity contribution >= 4 is 11.7 Å². The average Bonchev–Trinajstić information content (AvgIpc) is 2.40. The second-order valence-electron chi connectivity index (χ2n) is 5.64. The van der Waals surface area contributed by atoms with Gasteiger partial charge in [-0.15, -0.1) is 0 Å². The summed E-state index contributed by atoms with van der Waals surface area (Å²) in [6.07, 6.45) is 2.79. The van der Waals surface area contributed by atoms with Gasteiger partial charge in [-0.25, -0.2) is 0 Å². The zero-order valence-corrected chi connectivity index (χ0v) is 12.1. The predicted molar refractivity (Wildman–Crippen MR) is 75.1 cm³/mol. The van der Waals surface area contributed by atoms with Crippen molar-refractivity contribution in [3.63, 3.8) is 0 Å². The molecule has 1 atom stereocenters.